The van der Waals surface area contributed by atoms with E-state index in [-0.39, 0.29) is 6.29 Å². The van der Waals surface area contributed by atoms with Crippen molar-refractivity contribution in [3.8, 4) is 0 Å². The van der Waals surface area contributed by atoms with E-state index in [4.69, 9.17) is 9.47 Å². The summed E-state index contributed by atoms with van der Waals surface area (Å²) in [6.45, 7) is 7.17. The monoisotopic (exact) mass is 209 g/mol. The maximum absolute atomic E-state index is 5.24. The lowest BCUT2D eigenvalue weighted by atomic mass is 10.5. The standard InChI is InChI=1S/C7H14BrO2/c1-4-9-7(6(3)8)10-5-2/h7H,4-5H2,1-3H3. The Bertz CT molecular complexity index is 70.0. The van der Waals surface area contributed by atoms with Gasteiger partial charge >= 0.3 is 0 Å². The second-order valence-corrected chi connectivity index (χ2v) is 3.08. The van der Waals surface area contributed by atoms with Crippen LogP contribution in [0.1, 0.15) is 20.8 Å². The van der Waals surface area contributed by atoms with Crippen LogP contribution in [0.3, 0.4) is 0 Å². The summed E-state index contributed by atoms with van der Waals surface area (Å²) in [4.78, 5) is 0.983. The fraction of sp³-hybridized carbons (Fsp3) is 0.857. The summed E-state index contributed by atoms with van der Waals surface area (Å²) < 4.78 is 10.5. The Labute approximate surface area is 71.0 Å². The third-order valence-corrected chi connectivity index (χ3v) is 1.33. The van der Waals surface area contributed by atoms with Crippen molar-refractivity contribution in [2.24, 2.45) is 0 Å². The van der Waals surface area contributed by atoms with Crippen LogP contribution in [0.25, 0.3) is 0 Å². The van der Waals surface area contributed by atoms with Crippen molar-refractivity contribution >= 4 is 15.9 Å². The zero-order chi connectivity index (χ0) is 7.98. The largest absolute Gasteiger partial charge is 0.351 e. The molecule has 0 aliphatic heterocycles. The highest BCUT2D eigenvalue weighted by Crippen LogP contribution is 2.17. The van der Waals surface area contributed by atoms with Gasteiger partial charge in [-0.15, -0.1) is 0 Å². The second kappa shape index (κ2) is 6.13. The molecule has 0 N–H and O–H groups in total. The zero-order valence-electron chi connectivity index (χ0n) is 6.69. The molecule has 3 heteroatoms. The molecule has 0 bridgehead atoms. The van der Waals surface area contributed by atoms with E-state index in [2.05, 4.69) is 15.9 Å². The fourth-order valence-electron chi connectivity index (χ4n) is 0.581. The normalized spacial score (nSPS) is 11.4. The molecule has 0 unspecified atom stereocenters. The van der Waals surface area contributed by atoms with Gasteiger partial charge in [-0.1, -0.05) is 15.9 Å². The number of hydrogen-bond donors (Lipinski definition) is 0. The molecule has 0 aromatic carbocycles. The van der Waals surface area contributed by atoms with Crippen molar-refractivity contribution in [3.05, 3.63) is 4.83 Å². The molecule has 0 spiro atoms. The van der Waals surface area contributed by atoms with E-state index in [0.717, 1.165) is 4.83 Å². The van der Waals surface area contributed by atoms with Gasteiger partial charge in [-0.3, -0.25) is 0 Å². The van der Waals surface area contributed by atoms with Crippen LogP contribution in [-0.2, 0) is 9.47 Å². The molecule has 0 saturated heterocycles. The Morgan fingerprint density at radius 3 is 1.90 bits per heavy atom. The van der Waals surface area contributed by atoms with E-state index >= 15 is 0 Å². The zero-order valence-corrected chi connectivity index (χ0v) is 8.27. The number of ether oxygens (including phenoxy) is 2. The first-order valence-corrected chi connectivity index (χ1v) is 4.23. The van der Waals surface area contributed by atoms with Crippen LogP contribution < -0.4 is 0 Å². The lowest BCUT2D eigenvalue weighted by molar-refractivity contribution is -0.116. The fourth-order valence-corrected chi connectivity index (χ4v) is 0.845. The molecule has 1 radical (unpaired) electrons. The molecule has 0 aromatic rings. The minimum atomic E-state index is -0.185. The lowest BCUT2D eigenvalue weighted by Crippen LogP contribution is -2.20. The molecule has 61 valence electrons. The van der Waals surface area contributed by atoms with Crippen LogP contribution in [0.4, 0.5) is 0 Å². The quantitative estimate of drug-likeness (QED) is 0.648. The third-order valence-electron chi connectivity index (χ3n) is 0.961. The first-order chi connectivity index (χ1) is 4.72. The molecule has 2 nitrogen and oxygen atoms in total. The molecule has 0 aliphatic carbocycles. The second-order valence-electron chi connectivity index (χ2n) is 1.83. The predicted molar refractivity (Wildman–Crippen MR) is 44.9 cm³/mol. The molecular weight excluding hydrogens is 196 g/mol. The van der Waals surface area contributed by atoms with E-state index in [1.807, 2.05) is 20.8 Å². The Kier molecular flexibility index (Phi) is 6.38. The van der Waals surface area contributed by atoms with Crippen molar-refractivity contribution in [2.75, 3.05) is 13.2 Å². The van der Waals surface area contributed by atoms with Crippen LogP contribution in [0.5, 0.6) is 0 Å². The van der Waals surface area contributed by atoms with Crippen LogP contribution in [0.15, 0.2) is 0 Å². The van der Waals surface area contributed by atoms with Gasteiger partial charge in [-0.2, -0.15) is 0 Å². The molecule has 0 aromatic heterocycles. The summed E-state index contributed by atoms with van der Waals surface area (Å²) in [7, 11) is 0. The van der Waals surface area contributed by atoms with Gasteiger partial charge in [0.05, 0.1) is 4.83 Å². The summed E-state index contributed by atoms with van der Waals surface area (Å²) in [5.41, 5.74) is 0. The highest BCUT2D eigenvalue weighted by atomic mass is 79.9. The molecular formula is C7H14BrO2. The minimum Gasteiger partial charge on any atom is -0.351 e. The topological polar surface area (TPSA) is 18.5 Å². The van der Waals surface area contributed by atoms with Gasteiger partial charge in [0.15, 0.2) is 6.29 Å². The van der Waals surface area contributed by atoms with Gasteiger partial charge in [0.2, 0.25) is 0 Å². The van der Waals surface area contributed by atoms with Gasteiger partial charge < -0.3 is 9.47 Å². The molecule has 0 heterocycles. The predicted octanol–water partition coefficient (Wildman–Crippen LogP) is 2.33. The lowest BCUT2D eigenvalue weighted by Gasteiger charge is -2.17. The maximum Gasteiger partial charge on any atom is 0.173 e. The van der Waals surface area contributed by atoms with E-state index in [0.29, 0.717) is 13.2 Å². The van der Waals surface area contributed by atoms with Crippen LogP contribution >= 0.6 is 15.9 Å². The number of hydrogen-bond acceptors (Lipinski definition) is 2. The Morgan fingerprint density at radius 1 is 1.30 bits per heavy atom. The highest BCUT2D eigenvalue weighted by molar-refractivity contribution is 9.11. The first-order valence-electron chi connectivity index (χ1n) is 3.44. The van der Waals surface area contributed by atoms with Gasteiger partial charge in [0, 0.05) is 13.2 Å². The minimum absolute atomic E-state index is 0.185. The molecule has 0 amide bonds. The Morgan fingerprint density at radius 2 is 1.70 bits per heavy atom. The summed E-state index contributed by atoms with van der Waals surface area (Å²) in [6.07, 6.45) is -0.185. The maximum atomic E-state index is 5.24. The molecule has 0 aliphatic rings. The van der Waals surface area contributed by atoms with Crippen molar-refractivity contribution < 1.29 is 9.47 Å². The van der Waals surface area contributed by atoms with Crippen LogP contribution in [-0.4, -0.2) is 19.5 Å². The van der Waals surface area contributed by atoms with E-state index in [9.17, 15) is 0 Å². The van der Waals surface area contributed by atoms with Gasteiger partial charge in [-0.25, -0.2) is 0 Å². The van der Waals surface area contributed by atoms with Gasteiger partial charge in [-0.05, 0) is 20.8 Å². The summed E-state index contributed by atoms with van der Waals surface area (Å²) in [6, 6.07) is 0. The third kappa shape index (κ3) is 4.25. The van der Waals surface area contributed by atoms with Crippen molar-refractivity contribution in [2.45, 2.75) is 27.1 Å². The SMILES string of the molecule is CCOC(OCC)[C](C)Br. The van der Waals surface area contributed by atoms with E-state index in [1.54, 1.807) is 0 Å². The van der Waals surface area contributed by atoms with Crippen LogP contribution in [0, 0.1) is 4.83 Å². The summed E-state index contributed by atoms with van der Waals surface area (Å²) in [5.74, 6) is 0. The number of rotatable bonds is 5. The van der Waals surface area contributed by atoms with Crippen molar-refractivity contribution in [3.63, 3.8) is 0 Å². The molecule has 0 fully saturated rings. The Hall–Kier alpha value is 0.400. The van der Waals surface area contributed by atoms with Crippen LogP contribution in [0.2, 0.25) is 0 Å². The molecule has 0 saturated carbocycles. The molecule has 0 atom stereocenters. The highest BCUT2D eigenvalue weighted by Gasteiger charge is 2.14. The molecule has 0 rings (SSSR count). The van der Waals surface area contributed by atoms with Gasteiger partial charge in [0.25, 0.3) is 0 Å². The molecule has 10 heavy (non-hydrogen) atoms. The van der Waals surface area contributed by atoms with E-state index < -0.39 is 0 Å². The average molecular weight is 210 g/mol. The summed E-state index contributed by atoms with van der Waals surface area (Å²) in [5, 5.41) is 0. The smallest absolute Gasteiger partial charge is 0.173 e. The Balaban J connectivity index is 3.50. The van der Waals surface area contributed by atoms with Crippen molar-refractivity contribution in [1.82, 2.24) is 0 Å². The van der Waals surface area contributed by atoms with Crippen molar-refractivity contribution in [1.29, 1.82) is 0 Å². The van der Waals surface area contributed by atoms with Gasteiger partial charge in [0.1, 0.15) is 0 Å². The number of halogens is 1. The average Bonchev–Trinajstić information content (AvgIpc) is 1.87. The van der Waals surface area contributed by atoms with E-state index in [1.165, 1.54) is 0 Å². The first kappa shape index (κ1) is 10.4. The summed E-state index contributed by atoms with van der Waals surface area (Å²) >= 11 is 3.31.